The number of hydrogen-bond acceptors (Lipinski definition) is 5. The molecule has 1 fully saturated rings. The van der Waals surface area contributed by atoms with Crippen LogP contribution < -0.4 is 5.32 Å². The monoisotopic (exact) mass is 264 g/mol. The van der Waals surface area contributed by atoms with Gasteiger partial charge in [-0.3, -0.25) is 4.79 Å². The third kappa shape index (κ3) is 4.61. The quantitative estimate of drug-likeness (QED) is 0.658. The SMILES string of the molecule is COC(=O)CCS(=O)(=O)N(C)CC1CCCN1. The summed E-state index contributed by atoms with van der Waals surface area (Å²) in [4.78, 5) is 10.9. The molecular weight excluding hydrogens is 244 g/mol. The first kappa shape index (κ1) is 14.4. The van der Waals surface area contributed by atoms with Crippen LogP contribution in [0.25, 0.3) is 0 Å². The summed E-state index contributed by atoms with van der Waals surface area (Å²) < 4.78 is 29.4. The molecule has 1 rings (SSSR count). The number of nitrogens with zero attached hydrogens (tertiary/aromatic N) is 1. The van der Waals surface area contributed by atoms with Gasteiger partial charge in [-0.15, -0.1) is 0 Å². The first-order chi connectivity index (χ1) is 7.95. The molecule has 1 aliphatic rings. The number of esters is 1. The molecule has 7 heteroatoms. The Labute approximate surface area is 102 Å². The molecule has 0 saturated carbocycles. The minimum absolute atomic E-state index is 0.0960. The lowest BCUT2D eigenvalue weighted by Gasteiger charge is -2.20. The molecule has 100 valence electrons. The van der Waals surface area contributed by atoms with Gasteiger partial charge in [0.2, 0.25) is 10.0 Å². The number of nitrogens with one attached hydrogen (secondary N) is 1. The Hall–Kier alpha value is -0.660. The number of sulfonamides is 1. The standard InChI is InChI=1S/C10H20N2O4S/c1-12(8-9-4-3-6-11-9)17(14,15)7-5-10(13)16-2/h9,11H,3-8H2,1-2H3. The van der Waals surface area contributed by atoms with Crippen molar-refractivity contribution in [1.29, 1.82) is 0 Å². The zero-order chi connectivity index (χ0) is 12.9. The van der Waals surface area contributed by atoms with Crippen molar-refractivity contribution in [1.82, 2.24) is 9.62 Å². The predicted octanol–water partition coefficient (Wildman–Crippen LogP) is -0.437. The molecule has 1 saturated heterocycles. The lowest BCUT2D eigenvalue weighted by atomic mass is 10.2. The number of methoxy groups -OCH3 is 1. The zero-order valence-electron chi connectivity index (χ0n) is 10.3. The zero-order valence-corrected chi connectivity index (χ0v) is 11.1. The molecule has 0 radical (unpaired) electrons. The average molecular weight is 264 g/mol. The molecule has 0 aromatic carbocycles. The van der Waals surface area contributed by atoms with Crippen LogP contribution in [0.5, 0.6) is 0 Å². The van der Waals surface area contributed by atoms with E-state index in [0.717, 1.165) is 19.4 Å². The van der Waals surface area contributed by atoms with Gasteiger partial charge in [0.25, 0.3) is 0 Å². The fraction of sp³-hybridized carbons (Fsp3) is 0.900. The highest BCUT2D eigenvalue weighted by molar-refractivity contribution is 7.89. The molecular formula is C10H20N2O4S. The van der Waals surface area contributed by atoms with Crippen LogP contribution in [0.15, 0.2) is 0 Å². The summed E-state index contributed by atoms with van der Waals surface area (Å²) in [7, 11) is -0.561. The maximum atomic E-state index is 11.8. The van der Waals surface area contributed by atoms with Gasteiger partial charge >= 0.3 is 5.97 Å². The van der Waals surface area contributed by atoms with Crippen molar-refractivity contribution in [2.45, 2.75) is 25.3 Å². The van der Waals surface area contributed by atoms with Gasteiger partial charge in [0, 0.05) is 19.6 Å². The van der Waals surface area contributed by atoms with Crippen molar-refractivity contribution in [3.8, 4) is 0 Å². The fourth-order valence-corrected chi connectivity index (χ4v) is 2.95. The lowest BCUT2D eigenvalue weighted by Crippen LogP contribution is -2.39. The van der Waals surface area contributed by atoms with Crippen LogP contribution in [0.1, 0.15) is 19.3 Å². The molecule has 1 aliphatic heterocycles. The molecule has 0 aromatic rings. The largest absolute Gasteiger partial charge is 0.469 e. The van der Waals surface area contributed by atoms with Crippen molar-refractivity contribution in [3.05, 3.63) is 0 Å². The highest BCUT2D eigenvalue weighted by atomic mass is 32.2. The van der Waals surface area contributed by atoms with Gasteiger partial charge < -0.3 is 10.1 Å². The van der Waals surface area contributed by atoms with Crippen LogP contribution in [0.4, 0.5) is 0 Å². The van der Waals surface area contributed by atoms with Gasteiger partial charge in [-0.25, -0.2) is 12.7 Å². The number of ether oxygens (including phenoxy) is 1. The maximum absolute atomic E-state index is 11.8. The topological polar surface area (TPSA) is 75.7 Å². The van der Waals surface area contributed by atoms with E-state index in [4.69, 9.17) is 0 Å². The molecule has 1 unspecified atom stereocenters. The van der Waals surface area contributed by atoms with E-state index in [2.05, 4.69) is 10.1 Å². The van der Waals surface area contributed by atoms with Gasteiger partial charge in [0.1, 0.15) is 0 Å². The first-order valence-electron chi connectivity index (χ1n) is 5.70. The van der Waals surface area contributed by atoms with Gasteiger partial charge in [-0.05, 0) is 19.4 Å². The van der Waals surface area contributed by atoms with Crippen LogP contribution >= 0.6 is 0 Å². The Morgan fingerprint density at radius 3 is 2.76 bits per heavy atom. The summed E-state index contributed by atoms with van der Waals surface area (Å²) in [5.41, 5.74) is 0. The highest BCUT2D eigenvalue weighted by Crippen LogP contribution is 2.09. The smallest absolute Gasteiger partial charge is 0.306 e. The summed E-state index contributed by atoms with van der Waals surface area (Å²) in [6.07, 6.45) is 1.98. The van der Waals surface area contributed by atoms with E-state index >= 15 is 0 Å². The molecule has 0 aliphatic carbocycles. The van der Waals surface area contributed by atoms with Crippen molar-refractivity contribution >= 4 is 16.0 Å². The Morgan fingerprint density at radius 1 is 1.53 bits per heavy atom. The molecule has 6 nitrogen and oxygen atoms in total. The van der Waals surface area contributed by atoms with Crippen LogP contribution in [0, 0.1) is 0 Å². The predicted molar refractivity (Wildman–Crippen MR) is 64.1 cm³/mol. The number of rotatable bonds is 6. The van der Waals surface area contributed by atoms with Crippen molar-refractivity contribution in [2.24, 2.45) is 0 Å². The maximum Gasteiger partial charge on any atom is 0.306 e. The number of carbonyl (C=O) groups excluding carboxylic acids is 1. The second-order valence-corrected chi connectivity index (χ2v) is 6.41. The van der Waals surface area contributed by atoms with Gasteiger partial charge in [-0.1, -0.05) is 0 Å². The van der Waals surface area contributed by atoms with E-state index in [1.165, 1.54) is 11.4 Å². The summed E-state index contributed by atoms with van der Waals surface area (Å²) in [5.74, 6) is -0.691. The van der Waals surface area contributed by atoms with Crippen LogP contribution in [-0.4, -0.2) is 57.7 Å². The molecule has 0 aromatic heterocycles. The summed E-state index contributed by atoms with van der Waals surface area (Å²) >= 11 is 0. The number of likely N-dealkylation sites (N-methyl/N-ethyl adjacent to an activating group) is 1. The second kappa shape index (κ2) is 6.32. The highest BCUT2D eigenvalue weighted by Gasteiger charge is 2.24. The Kier molecular flexibility index (Phi) is 5.35. The van der Waals surface area contributed by atoms with Gasteiger partial charge in [0.05, 0.1) is 19.3 Å². The summed E-state index contributed by atoms with van der Waals surface area (Å²) in [5, 5.41) is 3.24. The normalized spacial score (nSPS) is 20.8. The summed E-state index contributed by atoms with van der Waals surface area (Å²) in [6, 6.07) is 0.230. The minimum Gasteiger partial charge on any atom is -0.469 e. The van der Waals surface area contributed by atoms with E-state index in [1.54, 1.807) is 7.05 Å². The Bertz CT molecular complexity index is 349. The van der Waals surface area contributed by atoms with Crippen molar-refractivity contribution in [2.75, 3.05) is 33.0 Å². The van der Waals surface area contributed by atoms with Crippen molar-refractivity contribution < 1.29 is 17.9 Å². The van der Waals surface area contributed by atoms with E-state index in [-0.39, 0.29) is 18.2 Å². The van der Waals surface area contributed by atoms with Crippen LogP contribution in [0.3, 0.4) is 0 Å². The molecule has 0 bridgehead atoms. The second-order valence-electron chi connectivity index (χ2n) is 4.22. The Morgan fingerprint density at radius 2 is 2.24 bits per heavy atom. The minimum atomic E-state index is -3.36. The lowest BCUT2D eigenvalue weighted by molar-refractivity contribution is -0.140. The van der Waals surface area contributed by atoms with Crippen LogP contribution in [-0.2, 0) is 19.6 Å². The molecule has 1 atom stereocenters. The third-order valence-corrected chi connectivity index (χ3v) is 4.73. The van der Waals surface area contributed by atoms with E-state index in [1.807, 2.05) is 0 Å². The van der Waals surface area contributed by atoms with Crippen molar-refractivity contribution in [3.63, 3.8) is 0 Å². The van der Waals surface area contributed by atoms with E-state index in [0.29, 0.717) is 6.54 Å². The average Bonchev–Trinajstić information content (AvgIpc) is 2.78. The summed E-state index contributed by atoms with van der Waals surface area (Å²) in [6.45, 7) is 1.41. The van der Waals surface area contributed by atoms with E-state index < -0.39 is 16.0 Å². The molecule has 1 N–H and O–H groups in total. The van der Waals surface area contributed by atoms with Crippen LogP contribution in [0.2, 0.25) is 0 Å². The first-order valence-corrected chi connectivity index (χ1v) is 7.31. The molecule has 17 heavy (non-hydrogen) atoms. The van der Waals surface area contributed by atoms with Gasteiger partial charge in [0.15, 0.2) is 0 Å². The van der Waals surface area contributed by atoms with Gasteiger partial charge in [-0.2, -0.15) is 0 Å². The number of carbonyl (C=O) groups is 1. The van der Waals surface area contributed by atoms with E-state index in [9.17, 15) is 13.2 Å². The third-order valence-electron chi connectivity index (χ3n) is 2.91. The fourth-order valence-electron chi connectivity index (χ4n) is 1.81. The molecule has 0 spiro atoms. The Balaban J connectivity index is 2.42. The molecule has 1 heterocycles. The number of hydrogen-bond donors (Lipinski definition) is 1. The molecule has 0 amide bonds.